The number of carbonyl (C=O) groups is 2. The summed E-state index contributed by atoms with van der Waals surface area (Å²) in [7, 11) is -3.89. The van der Waals surface area contributed by atoms with Gasteiger partial charge in [0, 0.05) is 18.6 Å². The zero-order valence-electron chi connectivity index (χ0n) is 17.1. The van der Waals surface area contributed by atoms with Gasteiger partial charge in [-0.2, -0.15) is 20.3 Å². The number of hydrogen-bond donors (Lipinski definition) is 1. The molecule has 33 heavy (non-hydrogen) atoms. The molecule has 1 atom stereocenters. The van der Waals surface area contributed by atoms with Crippen molar-refractivity contribution >= 4 is 39.2 Å². The van der Waals surface area contributed by atoms with Crippen molar-refractivity contribution in [1.82, 2.24) is 20.0 Å². The van der Waals surface area contributed by atoms with Gasteiger partial charge >= 0.3 is 0 Å². The molecule has 3 heterocycles. The summed E-state index contributed by atoms with van der Waals surface area (Å²) in [6.07, 6.45) is 4.26. The van der Waals surface area contributed by atoms with Gasteiger partial charge in [0.2, 0.25) is 5.95 Å². The molecule has 0 fully saturated rings. The highest BCUT2D eigenvalue weighted by molar-refractivity contribution is 7.92. The zero-order valence-corrected chi connectivity index (χ0v) is 17.9. The number of amides is 2. The highest BCUT2D eigenvalue weighted by Crippen LogP contribution is 2.21. The normalized spacial score (nSPS) is 16.2. The number of nitrogens with zero attached hydrogens (tertiary/aromatic N) is 7. The van der Waals surface area contributed by atoms with E-state index >= 15 is 0 Å². The van der Waals surface area contributed by atoms with Crippen molar-refractivity contribution in [3.63, 3.8) is 0 Å². The van der Waals surface area contributed by atoms with Crippen LogP contribution in [0.15, 0.2) is 87.3 Å². The van der Waals surface area contributed by atoms with Crippen molar-refractivity contribution in [1.29, 1.82) is 0 Å². The first-order valence-electron chi connectivity index (χ1n) is 9.50. The molecule has 1 aromatic carbocycles. The summed E-state index contributed by atoms with van der Waals surface area (Å²) in [6.45, 7) is 1.56. The highest BCUT2D eigenvalue weighted by Gasteiger charge is 2.38. The molecule has 0 saturated carbocycles. The molecule has 2 aromatic heterocycles. The van der Waals surface area contributed by atoms with Crippen molar-refractivity contribution < 1.29 is 18.0 Å². The standard InChI is InChI=1S/C20H16N8O4S/c1-13-17(19(30)28(26-13)18(29)16-5-2-3-10-21-16)25-24-14-6-8-15(9-7-14)33(31,32)27-20-22-11-4-12-23-20/h2-12,17H,1H3,(H,22,23,27)/t17-/m0/s1. The highest BCUT2D eigenvalue weighted by atomic mass is 32.2. The van der Waals surface area contributed by atoms with Gasteiger partial charge in [0.15, 0.2) is 6.04 Å². The quantitative estimate of drug-likeness (QED) is 0.432. The van der Waals surface area contributed by atoms with Crippen molar-refractivity contribution in [2.24, 2.45) is 15.3 Å². The Kier molecular flexibility index (Phi) is 5.95. The topological polar surface area (TPSA) is 159 Å². The number of benzene rings is 1. The van der Waals surface area contributed by atoms with E-state index < -0.39 is 27.9 Å². The smallest absolute Gasteiger partial charge is 0.269 e. The number of sulfonamides is 1. The molecule has 0 unspecified atom stereocenters. The van der Waals surface area contributed by atoms with Crippen LogP contribution in [0.2, 0.25) is 0 Å². The lowest BCUT2D eigenvalue weighted by Gasteiger charge is -2.09. The molecule has 0 saturated heterocycles. The van der Waals surface area contributed by atoms with Gasteiger partial charge in [-0.25, -0.2) is 23.1 Å². The number of pyridine rings is 1. The number of rotatable bonds is 6. The third-order valence-electron chi connectivity index (χ3n) is 4.40. The van der Waals surface area contributed by atoms with E-state index in [1.54, 1.807) is 25.1 Å². The van der Waals surface area contributed by atoms with Crippen molar-refractivity contribution in [2.45, 2.75) is 17.9 Å². The van der Waals surface area contributed by atoms with Crippen molar-refractivity contribution in [3.8, 4) is 0 Å². The van der Waals surface area contributed by atoms with E-state index in [1.165, 1.54) is 48.9 Å². The molecule has 0 spiro atoms. The van der Waals surface area contributed by atoms with E-state index in [4.69, 9.17) is 0 Å². The fourth-order valence-electron chi connectivity index (χ4n) is 2.78. The molecule has 4 rings (SSSR count). The minimum Gasteiger partial charge on any atom is -0.269 e. The number of imide groups is 1. The van der Waals surface area contributed by atoms with Gasteiger partial charge in [-0.05, 0) is 49.4 Å². The summed E-state index contributed by atoms with van der Waals surface area (Å²) in [4.78, 5) is 36.6. The van der Waals surface area contributed by atoms with Crippen LogP contribution in [0.3, 0.4) is 0 Å². The maximum atomic E-state index is 12.6. The number of anilines is 1. The molecular formula is C20H16N8O4S. The number of nitrogens with one attached hydrogen (secondary N) is 1. The zero-order chi connectivity index (χ0) is 23.4. The molecular weight excluding hydrogens is 448 g/mol. The second-order valence-electron chi connectivity index (χ2n) is 6.70. The Morgan fingerprint density at radius 2 is 1.70 bits per heavy atom. The van der Waals surface area contributed by atoms with E-state index in [9.17, 15) is 18.0 Å². The van der Waals surface area contributed by atoms with Crippen LogP contribution < -0.4 is 4.72 Å². The second kappa shape index (κ2) is 9.00. The number of azo groups is 1. The van der Waals surface area contributed by atoms with Crippen molar-refractivity contribution in [2.75, 3.05) is 4.72 Å². The fraction of sp³-hybridized carbons (Fsp3) is 0.100. The Morgan fingerprint density at radius 1 is 1.00 bits per heavy atom. The molecule has 0 aliphatic carbocycles. The first kappa shape index (κ1) is 21.8. The molecule has 1 N–H and O–H groups in total. The van der Waals surface area contributed by atoms with Gasteiger partial charge < -0.3 is 0 Å². The van der Waals surface area contributed by atoms with Crippen molar-refractivity contribution in [3.05, 3.63) is 72.8 Å². The van der Waals surface area contributed by atoms with Crippen LogP contribution in [0.25, 0.3) is 0 Å². The van der Waals surface area contributed by atoms with Gasteiger partial charge in [-0.3, -0.25) is 14.6 Å². The molecule has 1 aliphatic heterocycles. The maximum absolute atomic E-state index is 12.6. The minimum absolute atomic E-state index is 0.0317. The summed E-state index contributed by atoms with van der Waals surface area (Å²) in [6, 6.07) is 10.7. The molecule has 12 nitrogen and oxygen atoms in total. The van der Waals surface area contributed by atoms with Crippen LogP contribution in [-0.2, 0) is 14.8 Å². The summed E-state index contributed by atoms with van der Waals surface area (Å²) in [5, 5.41) is 12.7. The Balaban J connectivity index is 1.45. The molecule has 2 amide bonds. The first-order chi connectivity index (χ1) is 15.8. The predicted molar refractivity (Wildman–Crippen MR) is 116 cm³/mol. The molecule has 13 heteroatoms. The van der Waals surface area contributed by atoms with Gasteiger partial charge in [-0.15, -0.1) is 0 Å². The molecule has 0 bridgehead atoms. The summed E-state index contributed by atoms with van der Waals surface area (Å²) < 4.78 is 27.1. The Hall–Kier alpha value is -4.39. The molecule has 0 radical (unpaired) electrons. The van der Waals surface area contributed by atoms with E-state index in [1.807, 2.05) is 0 Å². The van der Waals surface area contributed by atoms with Crippen LogP contribution in [0, 0.1) is 0 Å². The van der Waals surface area contributed by atoms with Crippen LogP contribution in [-0.4, -0.2) is 51.9 Å². The van der Waals surface area contributed by atoms with Crippen LogP contribution in [0.5, 0.6) is 0 Å². The van der Waals surface area contributed by atoms with E-state index in [0.29, 0.717) is 16.4 Å². The average Bonchev–Trinajstić information content (AvgIpc) is 3.11. The molecule has 1 aliphatic rings. The SMILES string of the molecule is CC1=NN(C(=O)c2ccccn2)C(=O)[C@H]1N=Nc1ccc(S(=O)(=O)Nc2ncccn2)cc1. The van der Waals surface area contributed by atoms with Gasteiger partial charge in [0.25, 0.3) is 21.8 Å². The van der Waals surface area contributed by atoms with Gasteiger partial charge in [0.1, 0.15) is 5.69 Å². The number of hydrazone groups is 1. The first-order valence-corrected chi connectivity index (χ1v) is 11.0. The third-order valence-corrected chi connectivity index (χ3v) is 5.74. The van der Waals surface area contributed by atoms with E-state index in [2.05, 4.69) is 35.0 Å². The Morgan fingerprint density at radius 3 is 2.36 bits per heavy atom. The minimum atomic E-state index is -3.89. The maximum Gasteiger partial charge on any atom is 0.299 e. The Labute approximate surface area is 188 Å². The third kappa shape index (κ3) is 4.77. The number of aromatic nitrogens is 3. The molecule has 3 aromatic rings. The van der Waals surface area contributed by atoms with Gasteiger partial charge in [0.05, 0.1) is 16.3 Å². The summed E-state index contributed by atoms with van der Waals surface area (Å²) >= 11 is 0. The lowest BCUT2D eigenvalue weighted by Crippen LogP contribution is -2.34. The summed E-state index contributed by atoms with van der Waals surface area (Å²) in [5.74, 6) is -1.37. The monoisotopic (exact) mass is 464 g/mol. The molecule has 166 valence electrons. The predicted octanol–water partition coefficient (Wildman–Crippen LogP) is 2.18. The van der Waals surface area contributed by atoms with Gasteiger partial charge in [-0.1, -0.05) is 6.07 Å². The van der Waals surface area contributed by atoms with Crippen LogP contribution in [0.4, 0.5) is 11.6 Å². The lowest BCUT2D eigenvalue weighted by atomic mass is 10.2. The van der Waals surface area contributed by atoms with Crippen LogP contribution >= 0.6 is 0 Å². The Bertz CT molecular complexity index is 1340. The second-order valence-corrected chi connectivity index (χ2v) is 8.38. The number of hydrogen-bond acceptors (Lipinski definition) is 10. The van der Waals surface area contributed by atoms with Crippen LogP contribution in [0.1, 0.15) is 17.4 Å². The average molecular weight is 464 g/mol. The van der Waals surface area contributed by atoms with E-state index in [0.717, 1.165) is 0 Å². The number of carbonyl (C=O) groups excluding carboxylic acids is 2. The largest absolute Gasteiger partial charge is 0.299 e. The van der Waals surface area contributed by atoms with E-state index in [-0.39, 0.29) is 16.5 Å². The summed E-state index contributed by atoms with van der Waals surface area (Å²) in [5.41, 5.74) is 0.672. The fourth-order valence-corrected chi connectivity index (χ4v) is 3.74. The lowest BCUT2D eigenvalue weighted by molar-refractivity contribution is -0.127.